The molecule has 1 unspecified atom stereocenters. The van der Waals surface area contributed by atoms with Gasteiger partial charge >= 0.3 is 6.18 Å². The molecule has 1 atom stereocenters. The van der Waals surface area contributed by atoms with Crippen LogP contribution in [0.4, 0.5) is 13.2 Å². The van der Waals surface area contributed by atoms with Gasteiger partial charge in [-0.2, -0.15) is 18.3 Å². The van der Waals surface area contributed by atoms with E-state index in [4.69, 9.17) is 0 Å². The number of carbonyl (C=O) groups excluding carboxylic acids is 1. The number of aromatic nitrogens is 2. The van der Waals surface area contributed by atoms with Crippen LogP contribution in [0.15, 0.2) is 30.5 Å². The molecule has 1 aromatic carbocycles. The van der Waals surface area contributed by atoms with Crippen molar-refractivity contribution in [2.45, 2.75) is 32.0 Å². The van der Waals surface area contributed by atoms with Crippen molar-refractivity contribution in [1.82, 2.24) is 20.4 Å². The van der Waals surface area contributed by atoms with E-state index in [-0.39, 0.29) is 6.04 Å². The Morgan fingerprint density at radius 1 is 1.40 bits per heavy atom. The van der Waals surface area contributed by atoms with Crippen LogP contribution >= 0.6 is 0 Å². The molecule has 2 heterocycles. The van der Waals surface area contributed by atoms with Crippen LogP contribution < -0.4 is 10.6 Å². The second-order valence-corrected chi connectivity index (χ2v) is 6.11. The van der Waals surface area contributed by atoms with Gasteiger partial charge < -0.3 is 10.6 Å². The van der Waals surface area contributed by atoms with Crippen LogP contribution in [0.3, 0.4) is 0 Å². The summed E-state index contributed by atoms with van der Waals surface area (Å²) >= 11 is 0. The summed E-state index contributed by atoms with van der Waals surface area (Å²) in [6.45, 7) is 2.86. The van der Waals surface area contributed by atoms with Gasteiger partial charge in [0.1, 0.15) is 0 Å². The Morgan fingerprint density at radius 2 is 2.16 bits per heavy atom. The van der Waals surface area contributed by atoms with Crippen molar-refractivity contribution < 1.29 is 18.0 Å². The van der Waals surface area contributed by atoms with Crippen molar-refractivity contribution >= 4 is 5.91 Å². The molecule has 1 aliphatic rings. The van der Waals surface area contributed by atoms with E-state index >= 15 is 0 Å². The largest absolute Gasteiger partial charge is 0.434 e. The van der Waals surface area contributed by atoms with E-state index in [0.717, 1.165) is 30.3 Å². The third-order valence-corrected chi connectivity index (χ3v) is 4.30. The zero-order valence-corrected chi connectivity index (χ0v) is 13.7. The SMILES string of the molecule is Cc1ccccc1-n1ncc(C(=O)NCC2CCCN2)c1C(F)(F)F. The number of nitrogens with one attached hydrogen (secondary N) is 2. The van der Waals surface area contributed by atoms with Gasteiger partial charge in [0.15, 0.2) is 5.69 Å². The van der Waals surface area contributed by atoms with Crippen molar-refractivity contribution in [2.75, 3.05) is 13.1 Å². The molecule has 1 amide bonds. The number of carbonyl (C=O) groups is 1. The number of benzene rings is 1. The third-order valence-electron chi connectivity index (χ3n) is 4.30. The fourth-order valence-corrected chi connectivity index (χ4v) is 3.01. The number of aryl methyl sites for hydroxylation is 1. The molecule has 0 radical (unpaired) electrons. The Bertz CT molecular complexity index is 763. The molecule has 25 heavy (non-hydrogen) atoms. The first-order valence-corrected chi connectivity index (χ1v) is 8.10. The molecule has 1 aromatic heterocycles. The second-order valence-electron chi connectivity index (χ2n) is 6.11. The fraction of sp³-hybridized carbons (Fsp3) is 0.412. The van der Waals surface area contributed by atoms with E-state index in [9.17, 15) is 18.0 Å². The minimum Gasteiger partial charge on any atom is -0.350 e. The molecular weight excluding hydrogens is 333 g/mol. The molecule has 134 valence electrons. The maximum absolute atomic E-state index is 13.6. The standard InChI is InChI=1S/C17H19F3N4O/c1-11-5-2-3-7-14(11)24-15(17(18,19)20)13(10-23-24)16(25)22-9-12-6-4-8-21-12/h2-3,5,7,10,12,21H,4,6,8-9H2,1H3,(H,22,25). The molecule has 0 bridgehead atoms. The summed E-state index contributed by atoms with van der Waals surface area (Å²) in [5, 5.41) is 9.60. The van der Waals surface area contributed by atoms with Gasteiger partial charge in [0, 0.05) is 12.6 Å². The van der Waals surface area contributed by atoms with Gasteiger partial charge in [0.05, 0.1) is 17.4 Å². The molecule has 2 aromatic rings. The lowest BCUT2D eigenvalue weighted by Gasteiger charge is -2.15. The van der Waals surface area contributed by atoms with Crippen molar-refractivity contribution in [3.8, 4) is 5.69 Å². The van der Waals surface area contributed by atoms with Gasteiger partial charge in [0.2, 0.25) is 0 Å². The lowest BCUT2D eigenvalue weighted by molar-refractivity contribution is -0.143. The lowest BCUT2D eigenvalue weighted by Crippen LogP contribution is -2.37. The minimum absolute atomic E-state index is 0.102. The molecule has 1 aliphatic heterocycles. The van der Waals surface area contributed by atoms with Crippen LogP contribution in [0, 0.1) is 6.92 Å². The summed E-state index contributed by atoms with van der Waals surface area (Å²) in [7, 11) is 0. The molecule has 5 nitrogen and oxygen atoms in total. The number of para-hydroxylation sites is 1. The number of amides is 1. The average Bonchev–Trinajstić information content (AvgIpc) is 3.22. The number of hydrogen-bond acceptors (Lipinski definition) is 3. The Balaban J connectivity index is 1.92. The van der Waals surface area contributed by atoms with Gasteiger partial charge in [-0.25, -0.2) is 4.68 Å². The molecular formula is C17H19F3N4O. The Morgan fingerprint density at radius 3 is 2.80 bits per heavy atom. The van der Waals surface area contributed by atoms with Crippen molar-refractivity contribution in [2.24, 2.45) is 0 Å². The monoisotopic (exact) mass is 352 g/mol. The third kappa shape index (κ3) is 3.68. The van der Waals surface area contributed by atoms with Crippen LogP contribution in [0.2, 0.25) is 0 Å². The Labute approximate surface area is 143 Å². The van der Waals surface area contributed by atoms with Gasteiger partial charge in [-0.1, -0.05) is 18.2 Å². The predicted octanol–water partition coefficient (Wildman–Crippen LogP) is 2.68. The van der Waals surface area contributed by atoms with Gasteiger partial charge in [0.25, 0.3) is 5.91 Å². The highest BCUT2D eigenvalue weighted by Gasteiger charge is 2.40. The molecule has 0 aliphatic carbocycles. The minimum atomic E-state index is -4.70. The summed E-state index contributed by atoms with van der Waals surface area (Å²) in [6, 6.07) is 6.71. The molecule has 2 N–H and O–H groups in total. The topological polar surface area (TPSA) is 59.0 Å². The molecule has 3 rings (SSSR count). The van der Waals surface area contributed by atoms with E-state index in [0.29, 0.717) is 17.8 Å². The Hall–Kier alpha value is -2.35. The van der Waals surface area contributed by atoms with Crippen LogP contribution in [-0.2, 0) is 6.18 Å². The molecule has 8 heteroatoms. The summed E-state index contributed by atoms with van der Waals surface area (Å²) in [4.78, 5) is 12.3. The first-order valence-electron chi connectivity index (χ1n) is 8.10. The summed E-state index contributed by atoms with van der Waals surface area (Å²) in [6.07, 6.45) is -1.82. The van der Waals surface area contributed by atoms with Gasteiger partial charge in [-0.15, -0.1) is 0 Å². The first kappa shape index (κ1) is 17.5. The zero-order valence-electron chi connectivity index (χ0n) is 13.7. The zero-order chi connectivity index (χ0) is 18.0. The van der Waals surface area contributed by atoms with Gasteiger partial charge in [-0.05, 0) is 37.9 Å². The average molecular weight is 352 g/mol. The molecule has 0 spiro atoms. The van der Waals surface area contributed by atoms with E-state index in [1.165, 1.54) is 0 Å². The summed E-state index contributed by atoms with van der Waals surface area (Å²) < 4.78 is 41.6. The number of rotatable bonds is 4. The maximum atomic E-state index is 13.6. The highest BCUT2D eigenvalue weighted by molar-refractivity contribution is 5.95. The van der Waals surface area contributed by atoms with E-state index < -0.39 is 23.3 Å². The van der Waals surface area contributed by atoms with Crippen molar-refractivity contribution in [1.29, 1.82) is 0 Å². The van der Waals surface area contributed by atoms with E-state index in [2.05, 4.69) is 15.7 Å². The lowest BCUT2D eigenvalue weighted by atomic mass is 10.1. The normalized spacial score (nSPS) is 17.7. The Kier molecular flexibility index (Phi) is 4.80. The predicted molar refractivity (Wildman–Crippen MR) is 86.7 cm³/mol. The van der Waals surface area contributed by atoms with Crippen molar-refractivity contribution in [3.63, 3.8) is 0 Å². The van der Waals surface area contributed by atoms with E-state index in [1.807, 2.05) is 0 Å². The van der Waals surface area contributed by atoms with Gasteiger partial charge in [-0.3, -0.25) is 4.79 Å². The van der Waals surface area contributed by atoms with Crippen LogP contribution in [0.5, 0.6) is 0 Å². The number of alkyl halides is 3. The van der Waals surface area contributed by atoms with Crippen LogP contribution in [0.1, 0.15) is 34.5 Å². The fourth-order valence-electron chi connectivity index (χ4n) is 3.01. The van der Waals surface area contributed by atoms with Crippen molar-refractivity contribution in [3.05, 3.63) is 47.3 Å². The van der Waals surface area contributed by atoms with E-state index in [1.54, 1.807) is 31.2 Å². The molecule has 1 saturated heterocycles. The number of nitrogens with zero attached hydrogens (tertiary/aromatic N) is 2. The number of halogens is 3. The quantitative estimate of drug-likeness (QED) is 0.890. The smallest absolute Gasteiger partial charge is 0.350 e. The first-order chi connectivity index (χ1) is 11.9. The summed E-state index contributed by atoms with van der Waals surface area (Å²) in [5.74, 6) is -0.763. The molecule has 0 saturated carbocycles. The van der Waals surface area contributed by atoms with Crippen LogP contribution in [0.25, 0.3) is 5.69 Å². The highest BCUT2D eigenvalue weighted by Crippen LogP contribution is 2.34. The maximum Gasteiger partial charge on any atom is 0.434 e. The highest BCUT2D eigenvalue weighted by atomic mass is 19.4. The van der Waals surface area contributed by atoms with Crippen LogP contribution in [-0.4, -0.2) is 34.8 Å². The summed E-state index contributed by atoms with van der Waals surface area (Å²) in [5.41, 5.74) is -0.586. The number of hydrogen-bond donors (Lipinski definition) is 2. The second kappa shape index (κ2) is 6.87. The molecule has 1 fully saturated rings.